The summed E-state index contributed by atoms with van der Waals surface area (Å²) in [7, 11) is 0. The number of aromatic nitrogens is 2. The van der Waals surface area contributed by atoms with E-state index in [0.717, 1.165) is 29.0 Å². The van der Waals surface area contributed by atoms with E-state index in [1.165, 1.54) is 12.1 Å². The number of rotatable bonds is 4. The number of halogens is 3. The van der Waals surface area contributed by atoms with Gasteiger partial charge in [0.2, 0.25) is 5.95 Å². The first-order chi connectivity index (χ1) is 11.0. The number of hydrogen-bond acceptors (Lipinski definition) is 4. The molecule has 4 N–H and O–H groups in total. The second-order valence-corrected chi connectivity index (χ2v) is 6.49. The molecule has 7 heteroatoms. The molecule has 0 fully saturated rings. The van der Waals surface area contributed by atoms with E-state index in [2.05, 4.69) is 9.97 Å². The lowest BCUT2D eigenvalue weighted by Gasteiger charge is -2.26. The topological polar surface area (TPSA) is 77.8 Å². The van der Waals surface area contributed by atoms with Gasteiger partial charge in [0.05, 0.1) is 5.56 Å². The Bertz CT molecular complexity index is 699. The van der Waals surface area contributed by atoms with Crippen molar-refractivity contribution in [3.63, 3.8) is 0 Å². The molecule has 0 amide bonds. The molecular weight excluding hydrogens is 317 g/mol. The van der Waals surface area contributed by atoms with Crippen LogP contribution in [0.15, 0.2) is 24.3 Å². The zero-order valence-corrected chi connectivity index (χ0v) is 13.9. The normalized spacial score (nSPS) is 12.4. The number of benzene rings is 1. The number of anilines is 2. The van der Waals surface area contributed by atoms with Crippen LogP contribution in [0.3, 0.4) is 0 Å². The van der Waals surface area contributed by atoms with Crippen molar-refractivity contribution < 1.29 is 13.2 Å². The average Bonchev–Trinajstić information content (AvgIpc) is 2.45. The Hall–Kier alpha value is -2.31. The summed E-state index contributed by atoms with van der Waals surface area (Å²) >= 11 is 0. The highest BCUT2D eigenvalue weighted by molar-refractivity contribution is 5.45. The molecule has 130 valence electrons. The average molecular weight is 338 g/mol. The number of nitrogen functional groups attached to an aromatic ring is 2. The number of nitrogens with zero attached hydrogens (tertiary/aromatic N) is 2. The third kappa shape index (κ3) is 3.96. The van der Waals surface area contributed by atoms with Gasteiger partial charge in [0.25, 0.3) is 0 Å². The molecule has 1 heterocycles. The molecule has 0 radical (unpaired) electrons. The van der Waals surface area contributed by atoms with Crippen LogP contribution in [0, 0.1) is 6.92 Å². The van der Waals surface area contributed by atoms with Crippen LogP contribution in [0.4, 0.5) is 24.9 Å². The quantitative estimate of drug-likeness (QED) is 0.887. The Labute approximate surface area is 139 Å². The highest BCUT2D eigenvalue weighted by atomic mass is 19.4. The molecule has 0 saturated carbocycles. The Morgan fingerprint density at radius 2 is 1.50 bits per heavy atom. The Morgan fingerprint density at radius 3 is 2.00 bits per heavy atom. The maximum Gasteiger partial charge on any atom is 0.416 e. The summed E-state index contributed by atoms with van der Waals surface area (Å²) in [6.07, 6.45) is -3.02. The SMILES string of the molecule is Cc1nc(N)nc(N)c1CCC(C)(C)c1ccc(C(F)(F)F)cc1. The standard InChI is InChI=1S/C17H21F3N4/c1-10-13(14(21)24-15(22)23-10)8-9-16(2,3)11-4-6-12(7-5-11)17(18,19)20/h4-7H,8-9H2,1-3H3,(H4,21,22,23,24). The number of alkyl halides is 3. The van der Waals surface area contributed by atoms with Gasteiger partial charge < -0.3 is 11.5 Å². The van der Waals surface area contributed by atoms with Crippen LogP contribution < -0.4 is 11.5 Å². The summed E-state index contributed by atoms with van der Waals surface area (Å²) in [6, 6.07) is 5.28. The molecule has 0 unspecified atom stereocenters. The van der Waals surface area contributed by atoms with Gasteiger partial charge in [-0.3, -0.25) is 0 Å². The van der Waals surface area contributed by atoms with E-state index in [9.17, 15) is 13.2 Å². The first-order valence-electron chi connectivity index (χ1n) is 7.57. The van der Waals surface area contributed by atoms with E-state index < -0.39 is 11.7 Å². The van der Waals surface area contributed by atoms with E-state index >= 15 is 0 Å². The van der Waals surface area contributed by atoms with E-state index in [1.54, 1.807) is 0 Å². The van der Waals surface area contributed by atoms with Gasteiger partial charge in [-0.1, -0.05) is 26.0 Å². The van der Waals surface area contributed by atoms with E-state index in [4.69, 9.17) is 11.5 Å². The first kappa shape index (κ1) is 18.0. The van der Waals surface area contributed by atoms with Gasteiger partial charge in [-0.25, -0.2) is 4.98 Å². The minimum atomic E-state index is -4.32. The van der Waals surface area contributed by atoms with Crippen LogP contribution in [0.5, 0.6) is 0 Å². The fourth-order valence-corrected chi connectivity index (χ4v) is 2.64. The lowest BCUT2D eigenvalue weighted by molar-refractivity contribution is -0.137. The van der Waals surface area contributed by atoms with Gasteiger partial charge in [-0.15, -0.1) is 0 Å². The molecule has 0 bridgehead atoms. The fourth-order valence-electron chi connectivity index (χ4n) is 2.64. The molecule has 4 nitrogen and oxygen atoms in total. The predicted molar refractivity (Wildman–Crippen MR) is 88.4 cm³/mol. The zero-order chi connectivity index (χ0) is 18.1. The minimum Gasteiger partial charge on any atom is -0.383 e. The van der Waals surface area contributed by atoms with Gasteiger partial charge in [0.1, 0.15) is 5.82 Å². The maximum absolute atomic E-state index is 12.7. The molecule has 1 aromatic carbocycles. The van der Waals surface area contributed by atoms with Crippen molar-refractivity contribution in [3.05, 3.63) is 46.6 Å². The zero-order valence-electron chi connectivity index (χ0n) is 13.9. The van der Waals surface area contributed by atoms with Gasteiger partial charge in [-0.2, -0.15) is 18.2 Å². The van der Waals surface area contributed by atoms with Crippen LogP contribution in [0.2, 0.25) is 0 Å². The highest BCUT2D eigenvalue weighted by Crippen LogP contribution is 2.34. The Kier molecular flexibility index (Phi) is 4.73. The fraction of sp³-hybridized carbons (Fsp3) is 0.412. The van der Waals surface area contributed by atoms with Crippen LogP contribution in [0.25, 0.3) is 0 Å². The smallest absolute Gasteiger partial charge is 0.383 e. The summed E-state index contributed by atoms with van der Waals surface area (Å²) in [5, 5.41) is 0. The second-order valence-electron chi connectivity index (χ2n) is 6.49. The van der Waals surface area contributed by atoms with Gasteiger partial charge >= 0.3 is 6.18 Å². The summed E-state index contributed by atoms with van der Waals surface area (Å²) < 4.78 is 38.0. The molecule has 24 heavy (non-hydrogen) atoms. The molecular formula is C17H21F3N4. The van der Waals surface area contributed by atoms with Crippen LogP contribution in [0.1, 0.15) is 42.7 Å². The minimum absolute atomic E-state index is 0.135. The predicted octanol–water partition coefficient (Wildman–Crippen LogP) is 3.88. The number of hydrogen-bond donors (Lipinski definition) is 2. The molecule has 0 aliphatic rings. The molecule has 1 aromatic heterocycles. The summed E-state index contributed by atoms with van der Waals surface area (Å²) in [6.45, 7) is 5.79. The van der Waals surface area contributed by atoms with Gasteiger partial charge in [-0.05, 0) is 42.9 Å². The second kappa shape index (κ2) is 6.30. The largest absolute Gasteiger partial charge is 0.416 e. The van der Waals surface area contributed by atoms with Crippen molar-refractivity contribution in [1.29, 1.82) is 0 Å². The summed E-state index contributed by atoms with van der Waals surface area (Å²) in [5.74, 6) is 0.485. The molecule has 2 rings (SSSR count). The lowest BCUT2D eigenvalue weighted by Crippen LogP contribution is -2.19. The molecule has 2 aromatic rings. The summed E-state index contributed by atoms with van der Waals surface area (Å²) in [4.78, 5) is 8.07. The van der Waals surface area contributed by atoms with E-state index in [0.29, 0.717) is 18.7 Å². The Morgan fingerprint density at radius 1 is 0.958 bits per heavy atom. The Balaban J connectivity index is 2.17. The third-order valence-corrected chi connectivity index (χ3v) is 4.26. The van der Waals surface area contributed by atoms with Crippen molar-refractivity contribution in [2.45, 2.75) is 45.2 Å². The molecule has 0 aliphatic heterocycles. The monoisotopic (exact) mass is 338 g/mol. The van der Waals surface area contributed by atoms with E-state index in [-0.39, 0.29) is 11.4 Å². The van der Waals surface area contributed by atoms with Crippen molar-refractivity contribution in [2.24, 2.45) is 0 Å². The lowest BCUT2D eigenvalue weighted by atomic mass is 9.79. The number of aryl methyl sites for hydroxylation is 1. The van der Waals surface area contributed by atoms with Gasteiger partial charge in [0, 0.05) is 11.3 Å². The van der Waals surface area contributed by atoms with Crippen molar-refractivity contribution in [3.8, 4) is 0 Å². The van der Waals surface area contributed by atoms with E-state index in [1.807, 2.05) is 20.8 Å². The van der Waals surface area contributed by atoms with Crippen molar-refractivity contribution in [2.75, 3.05) is 11.5 Å². The molecule has 0 saturated heterocycles. The van der Waals surface area contributed by atoms with Crippen molar-refractivity contribution >= 4 is 11.8 Å². The highest BCUT2D eigenvalue weighted by Gasteiger charge is 2.31. The molecule has 0 atom stereocenters. The number of nitrogens with two attached hydrogens (primary N) is 2. The molecule has 0 aliphatic carbocycles. The van der Waals surface area contributed by atoms with Crippen LogP contribution >= 0.6 is 0 Å². The molecule has 0 spiro atoms. The maximum atomic E-state index is 12.7. The van der Waals surface area contributed by atoms with Crippen LogP contribution in [-0.2, 0) is 18.0 Å². The third-order valence-electron chi connectivity index (χ3n) is 4.26. The first-order valence-corrected chi connectivity index (χ1v) is 7.57. The van der Waals surface area contributed by atoms with Gasteiger partial charge in [0.15, 0.2) is 0 Å². The van der Waals surface area contributed by atoms with Crippen LogP contribution in [-0.4, -0.2) is 9.97 Å². The van der Waals surface area contributed by atoms with Crippen molar-refractivity contribution in [1.82, 2.24) is 9.97 Å². The summed E-state index contributed by atoms with van der Waals surface area (Å²) in [5.41, 5.74) is 12.9.